The van der Waals surface area contributed by atoms with Crippen LogP contribution >= 0.6 is 12.4 Å². The highest BCUT2D eigenvalue weighted by atomic mass is 35.5. The summed E-state index contributed by atoms with van der Waals surface area (Å²) in [4.78, 5) is 96.9. The van der Waals surface area contributed by atoms with Gasteiger partial charge in [0.05, 0.1) is 28.2 Å². The number of nitrogens with one attached hydrogen (secondary N) is 7. The number of hydrogen-bond acceptors (Lipinski definition) is 23. The molecule has 0 atom stereocenters. The molecule has 0 bridgehead atoms. The van der Waals surface area contributed by atoms with Gasteiger partial charge in [0.1, 0.15) is 5.60 Å². The van der Waals surface area contributed by atoms with E-state index in [1.54, 1.807) is 156 Å². The molecule has 6 heterocycles. The Morgan fingerprint density at radius 2 is 0.735 bits per heavy atom. The third-order valence-electron chi connectivity index (χ3n) is 15.5. The van der Waals surface area contributed by atoms with Crippen molar-refractivity contribution in [2.24, 2.45) is 0 Å². The first-order chi connectivity index (χ1) is 53.3. The minimum atomic E-state index is -0.955. The van der Waals surface area contributed by atoms with E-state index in [-0.39, 0.29) is 42.8 Å². The fourth-order valence-corrected chi connectivity index (χ4v) is 9.83. The summed E-state index contributed by atoms with van der Waals surface area (Å²) < 4.78 is 5.24. The Kier molecular flexibility index (Phi) is 31.5. The van der Waals surface area contributed by atoms with Crippen LogP contribution in [0.25, 0.3) is 33.8 Å². The molecule has 7 aromatic carbocycles. The zero-order valence-corrected chi connectivity index (χ0v) is 62.7. The standard InChI is InChI=1S/C28H28N6O3.C23H20N6O.C16H15N5.C8H10BNO3.C7H7NO2.CH4.ClH/c1-18-7-10-22(16-24(18)34-26-30-15-13-23(33-26)20-6-5-14-29-17-20)31-25(35)19-8-11-21(12-9-19)32-27(36)37-28(2,3)4;1-15-4-9-19(27-22(30)16-5-7-18(24)8-6-16)13-21(15)29-23-26-12-10-20(28-23)17-3-2-11-25-14-17;1-11-4-5-13(17)9-15(11)21-16-19-8-6-14(20-16)12-3-2-7-18-10-12;1-9(13)10-7-4-2-6(3-5-7)8(11)12;8-6-3-1-5(2-4-6)7(9)10;;/h5-17H,1-4H3,(H,31,35)(H,32,36)(H,30,33,34);2-14H,24H2,1H3,(H,27,30)(H,26,28,29);2-10H,17H2,1H3,(H,19,20,21);2-5,10,13H,1H3,(H,11,12);1-4H,8H2,(H,9,10);1H4;1H. The maximum atomic E-state index is 12.8. The molecule has 0 unspecified atom stereocenters. The van der Waals surface area contributed by atoms with E-state index in [2.05, 4.69) is 82.0 Å². The maximum absolute atomic E-state index is 12.8. The highest BCUT2D eigenvalue weighted by molar-refractivity contribution is 6.52. The molecule has 16 N–H and O–H groups in total. The number of nitrogens with zero attached hydrogens (tertiary/aromatic N) is 9. The summed E-state index contributed by atoms with van der Waals surface area (Å²) >= 11 is 0. The second-order valence-electron chi connectivity index (χ2n) is 25.4. The average molecular weight is 1540 g/mol. The van der Waals surface area contributed by atoms with Gasteiger partial charge in [-0.25, -0.2) is 44.3 Å². The Hall–Kier alpha value is -14.7. The van der Waals surface area contributed by atoms with Gasteiger partial charge in [0.15, 0.2) is 0 Å². The molecule has 0 fully saturated rings. The summed E-state index contributed by atoms with van der Waals surface area (Å²) in [6, 6.07) is 59.4. The lowest BCUT2D eigenvalue weighted by atomic mass is 9.88. The molecule has 0 saturated heterocycles. The van der Waals surface area contributed by atoms with Crippen LogP contribution in [0.4, 0.5) is 79.5 Å². The lowest BCUT2D eigenvalue weighted by Gasteiger charge is -2.19. The number of aromatic nitrogens is 9. The Labute approximate surface area is 659 Å². The molecule has 113 heavy (non-hydrogen) atoms. The number of ether oxygens (including phenoxy) is 1. The van der Waals surface area contributed by atoms with Crippen molar-refractivity contribution in [3.8, 4) is 33.8 Å². The summed E-state index contributed by atoms with van der Waals surface area (Å²) in [6.07, 6.45) is 15.0. The predicted molar refractivity (Wildman–Crippen MR) is 449 cm³/mol. The van der Waals surface area contributed by atoms with Gasteiger partial charge in [-0.15, -0.1) is 12.4 Å². The number of nitrogen functional groups attached to an aromatic ring is 3. The molecule has 6 aromatic heterocycles. The van der Waals surface area contributed by atoms with Gasteiger partial charge in [-0.2, -0.15) is 0 Å². The Morgan fingerprint density at radius 1 is 0.407 bits per heavy atom. The van der Waals surface area contributed by atoms with Gasteiger partial charge >= 0.3 is 25.1 Å². The molecule has 576 valence electrons. The zero-order chi connectivity index (χ0) is 79.4. The van der Waals surface area contributed by atoms with E-state index >= 15 is 0 Å². The van der Waals surface area contributed by atoms with Crippen LogP contribution in [0.2, 0.25) is 6.82 Å². The van der Waals surface area contributed by atoms with Crippen molar-refractivity contribution in [2.45, 2.75) is 61.4 Å². The van der Waals surface area contributed by atoms with Crippen LogP contribution in [-0.4, -0.2) is 103 Å². The first-order valence-corrected chi connectivity index (χ1v) is 34.3. The van der Waals surface area contributed by atoms with Crippen molar-refractivity contribution in [3.05, 3.63) is 301 Å². The van der Waals surface area contributed by atoms with Crippen LogP contribution in [0.5, 0.6) is 0 Å². The fourth-order valence-electron chi connectivity index (χ4n) is 9.83. The second-order valence-corrected chi connectivity index (χ2v) is 25.4. The van der Waals surface area contributed by atoms with Gasteiger partial charge in [0.25, 0.3) is 11.8 Å². The molecule has 0 spiro atoms. The molecule has 0 aliphatic rings. The van der Waals surface area contributed by atoms with Crippen molar-refractivity contribution in [1.82, 2.24) is 44.9 Å². The summed E-state index contributed by atoms with van der Waals surface area (Å²) in [5.41, 5.74) is 32.7. The minimum Gasteiger partial charge on any atom is -0.478 e. The molecular weight excluding hydrogens is 1450 g/mol. The number of hydrogen-bond donors (Lipinski definition) is 13. The minimum absolute atomic E-state index is 0. The smallest absolute Gasteiger partial charge is 0.412 e. The van der Waals surface area contributed by atoms with Crippen LogP contribution in [0.1, 0.15) is 86.3 Å². The van der Waals surface area contributed by atoms with Crippen molar-refractivity contribution >= 4 is 124 Å². The number of aryl methyl sites for hydroxylation is 3. The number of nitrogens with two attached hydrogens (primary N) is 3. The monoisotopic (exact) mass is 1540 g/mol. The van der Waals surface area contributed by atoms with Crippen molar-refractivity contribution in [3.63, 3.8) is 0 Å². The first kappa shape index (κ1) is 85.5. The van der Waals surface area contributed by atoms with Gasteiger partial charge in [-0.3, -0.25) is 29.9 Å². The topological polar surface area (TPSA) is 434 Å². The highest BCUT2D eigenvalue weighted by Gasteiger charge is 2.18. The van der Waals surface area contributed by atoms with Crippen molar-refractivity contribution < 1.29 is 43.9 Å². The van der Waals surface area contributed by atoms with Crippen molar-refractivity contribution in [2.75, 3.05) is 54.3 Å². The average Bonchev–Trinajstić information content (AvgIpc) is 0.838. The van der Waals surface area contributed by atoms with Crippen molar-refractivity contribution in [1.29, 1.82) is 0 Å². The second kappa shape index (κ2) is 41.6. The third kappa shape index (κ3) is 27.5. The van der Waals surface area contributed by atoms with Gasteiger partial charge in [-0.1, -0.05) is 25.6 Å². The Bertz CT molecular complexity index is 5300. The number of anilines is 13. The molecule has 30 heteroatoms. The maximum Gasteiger partial charge on any atom is 0.412 e. The number of rotatable bonds is 18. The summed E-state index contributed by atoms with van der Waals surface area (Å²) in [7, 11) is -0.643. The van der Waals surface area contributed by atoms with E-state index < -0.39 is 30.7 Å². The summed E-state index contributed by atoms with van der Waals surface area (Å²) in [5.74, 6) is -0.954. The number of benzene rings is 7. The number of halogens is 1. The quantitative estimate of drug-likeness (QED) is 0.0280. The van der Waals surface area contributed by atoms with Gasteiger partial charge < -0.3 is 69.0 Å². The number of aromatic carboxylic acids is 2. The summed E-state index contributed by atoms with van der Waals surface area (Å²) in [5, 5.41) is 46.8. The largest absolute Gasteiger partial charge is 0.478 e. The van der Waals surface area contributed by atoms with Gasteiger partial charge in [0.2, 0.25) is 17.8 Å². The number of carboxylic acid groups (broad SMARTS) is 2. The predicted octanol–water partition coefficient (Wildman–Crippen LogP) is 16.7. The molecule has 13 rings (SSSR count). The highest BCUT2D eigenvalue weighted by Crippen LogP contribution is 2.29. The third-order valence-corrected chi connectivity index (χ3v) is 15.5. The molecule has 0 saturated carbocycles. The Balaban J connectivity index is 0.000000208. The zero-order valence-electron chi connectivity index (χ0n) is 61.9. The fraction of sp³-hybridized carbons (Fsp3) is 0.108. The van der Waals surface area contributed by atoms with Gasteiger partial charge in [-0.05, 0) is 253 Å². The number of amides is 3. The molecule has 3 amide bonds. The van der Waals surface area contributed by atoms with Crippen LogP contribution in [0.3, 0.4) is 0 Å². The van der Waals surface area contributed by atoms with Crippen LogP contribution < -0.4 is 54.3 Å². The molecule has 0 aliphatic carbocycles. The number of carbonyl (C=O) groups excluding carboxylic acids is 3. The van der Waals surface area contributed by atoms with Crippen LogP contribution in [-0.2, 0) is 4.74 Å². The van der Waals surface area contributed by atoms with E-state index in [0.29, 0.717) is 68.8 Å². The van der Waals surface area contributed by atoms with E-state index in [9.17, 15) is 24.0 Å². The molecule has 0 radical (unpaired) electrons. The number of carboxylic acids is 2. The van der Waals surface area contributed by atoms with E-state index in [1.807, 2.05) is 130 Å². The van der Waals surface area contributed by atoms with Crippen LogP contribution in [0.15, 0.2) is 262 Å². The lowest BCUT2D eigenvalue weighted by molar-refractivity contribution is 0.0632. The van der Waals surface area contributed by atoms with E-state index in [1.165, 1.54) is 24.3 Å². The molecule has 28 nitrogen and oxygen atoms in total. The lowest BCUT2D eigenvalue weighted by Crippen LogP contribution is -2.27. The van der Waals surface area contributed by atoms with Crippen LogP contribution in [0, 0.1) is 20.8 Å². The van der Waals surface area contributed by atoms with Gasteiger partial charge in [0, 0.05) is 140 Å². The van der Waals surface area contributed by atoms with E-state index in [4.69, 9.17) is 37.2 Å². The number of carbonyl (C=O) groups is 5. The number of pyridine rings is 3. The molecule has 13 aromatic rings. The normalized spacial score (nSPS) is 10.2. The Morgan fingerprint density at radius 3 is 1.09 bits per heavy atom. The first-order valence-electron chi connectivity index (χ1n) is 34.3. The molecular formula is C83H85BClN19O9. The SMILES string of the molecule is C.CB(O)Nc1ccc(C(=O)O)cc1.Cc1ccc(N)cc1Nc1nccc(-c2cccnc2)n1.Cc1ccc(NC(=O)c2ccc(N)cc2)cc1Nc1nccc(-c2cccnc2)n1.Cc1ccc(NC(=O)c2ccc(NC(=O)OC(C)(C)C)cc2)cc1Nc1nccc(-c2cccnc2)n1.Cl.Nc1ccc(C(=O)O)cc1. The summed E-state index contributed by atoms with van der Waals surface area (Å²) in [6.45, 7) is 12.9. The molecule has 0 aliphatic heterocycles. The van der Waals surface area contributed by atoms with E-state index in [0.717, 1.165) is 67.5 Å².